The van der Waals surface area contributed by atoms with E-state index < -0.39 is 77.2 Å². The van der Waals surface area contributed by atoms with Crippen LogP contribution in [0.4, 0.5) is 37.0 Å². The van der Waals surface area contributed by atoms with Crippen molar-refractivity contribution in [3.63, 3.8) is 0 Å². The molecule has 1 saturated carbocycles. The van der Waals surface area contributed by atoms with E-state index in [2.05, 4.69) is 38.0 Å². The van der Waals surface area contributed by atoms with Gasteiger partial charge in [-0.2, -0.15) is 23.7 Å². The molecule has 0 bridgehead atoms. The molecule has 2 aliphatic carbocycles. The SMILES string of the molecule is CNCC(=O)Nc1nn(C)c2c(-c3ccc(C#CC(C)(C)O)nc3C(Cc3cc(F)cc(F)c3)NC(=O)n3nc(C(F)F)c4c3C(F)(F)[C@@H]3C[C@H]43)ccc(Cl)c12. The number of anilines is 1. The summed E-state index contributed by atoms with van der Waals surface area (Å²) in [5.41, 5.74) is -2.61. The van der Waals surface area contributed by atoms with Crippen molar-refractivity contribution in [1.82, 2.24) is 35.2 Å². The second kappa shape index (κ2) is 14.3. The molecule has 3 heterocycles. The number of amides is 2. The lowest BCUT2D eigenvalue weighted by Gasteiger charge is -2.23. The summed E-state index contributed by atoms with van der Waals surface area (Å²) in [6.07, 6.45) is -3.68. The Labute approximate surface area is 320 Å². The van der Waals surface area contributed by atoms with Crippen molar-refractivity contribution in [3.05, 3.63) is 93.0 Å². The summed E-state index contributed by atoms with van der Waals surface area (Å²) in [5.74, 6) is -2.56. The average Bonchev–Trinajstić information content (AvgIpc) is 3.62. The van der Waals surface area contributed by atoms with E-state index in [1.807, 2.05) is 0 Å². The van der Waals surface area contributed by atoms with Gasteiger partial charge in [-0.1, -0.05) is 23.6 Å². The van der Waals surface area contributed by atoms with Gasteiger partial charge in [0.15, 0.2) is 5.82 Å². The number of carbonyl (C=O) groups is 2. The molecule has 4 N–H and O–H groups in total. The highest BCUT2D eigenvalue weighted by atomic mass is 35.5. The van der Waals surface area contributed by atoms with Gasteiger partial charge >= 0.3 is 6.03 Å². The number of rotatable bonds is 9. The van der Waals surface area contributed by atoms with Crippen molar-refractivity contribution < 1.29 is 41.0 Å². The van der Waals surface area contributed by atoms with Crippen LogP contribution in [0.2, 0.25) is 5.02 Å². The summed E-state index contributed by atoms with van der Waals surface area (Å²) in [6, 6.07) is 6.11. The van der Waals surface area contributed by atoms with E-state index in [1.54, 1.807) is 26.2 Å². The first kappa shape index (κ1) is 38.8. The Morgan fingerprint density at radius 1 is 1.07 bits per heavy atom. The maximum atomic E-state index is 15.6. The van der Waals surface area contributed by atoms with Gasteiger partial charge < -0.3 is 21.1 Å². The normalized spacial score (nSPS) is 17.3. The Balaban J connectivity index is 1.43. The summed E-state index contributed by atoms with van der Waals surface area (Å²) in [4.78, 5) is 31.4. The number of nitrogens with zero attached hydrogens (tertiary/aromatic N) is 5. The third kappa shape index (κ3) is 7.19. The number of hydrogen-bond donors (Lipinski definition) is 4. The van der Waals surface area contributed by atoms with Gasteiger partial charge in [0.25, 0.3) is 12.3 Å². The van der Waals surface area contributed by atoms with Crippen LogP contribution in [0.5, 0.6) is 0 Å². The molecule has 292 valence electrons. The monoisotopic (exact) mass is 798 g/mol. The number of aryl methyl sites for hydroxylation is 1. The highest BCUT2D eigenvalue weighted by Gasteiger charge is 2.67. The molecule has 18 heteroatoms. The number of pyridine rings is 1. The van der Waals surface area contributed by atoms with Gasteiger partial charge in [0.2, 0.25) is 5.91 Å². The number of aromatic nitrogens is 5. The number of hydrogen-bond acceptors (Lipinski definition) is 7. The molecular formula is C38H33ClF6N8O3. The highest BCUT2D eigenvalue weighted by Crippen LogP contribution is 2.68. The third-order valence-corrected chi connectivity index (χ3v) is 9.84. The van der Waals surface area contributed by atoms with Gasteiger partial charge in [-0.3, -0.25) is 9.48 Å². The number of fused-ring (bicyclic) bond motifs is 4. The van der Waals surface area contributed by atoms with Crippen LogP contribution in [0.3, 0.4) is 0 Å². The van der Waals surface area contributed by atoms with Crippen LogP contribution in [0, 0.1) is 29.4 Å². The molecule has 0 spiro atoms. The number of nitrogens with one attached hydrogen (secondary N) is 3. The molecule has 5 aromatic rings. The fourth-order valence-corrected chi connectivity index (χ4v) is 7.44. The summed E-state index contributed by atoms with van der Waals surface area (Å²) in [6.45, 7) is 2.84. The Morgan fingerprint density at radius 3 is 2.43 bits per heavy atom. The summed E-state index contributed by atoms with van der Waals surface area (Å²) < 4.78 is 90.3. The molecule has 0 aliphatic heterocycles. The van der Waals surface area contributed by atoms with Crippen LogP contribution >= 0.6 is 11.6 Å². The van der Waals surface area contributed by atoms with Crippen LogP contribution in [0.1, 0.15) is 72.6 Å². The predicted octanol–water partition coefficient (Wildman–Crippen LogP) is 6.73. The van der Waals surface area contributed by atoms with Gasteiger partial charge in [0.05, 0.1) is 34.2 Å². The standard InChI is InChI=1S/C38H33ClF6N8O3/c1-37(2,56)10-9-20-5-6-21(22-7-8-25(39)29-32(22)52(4)51-35(29)49-27(54)16-46-3)30(47-20)26(13-17-11-18(40)14-19(41)12-17)48-36(55)53-33-28(31(50-53)34(42)43)23-15-24(23)38(33,44)45/h5-8,11-12,14,23-24,26,34,46,56H,13,15-16H2,1-4H3,(H,48,55)(H,49,51,54)/t23-,24+,26?/m0/s1. The molecule has 0 saturated heterocycles. The second-order valence-electron chi connectivity index (χ2n) is 14.2. The van der Waals surface area contributed by atoms with E-state index in [-0.39, 0.29) is 56.6 Å². The van der Waals surface area contributed by atoms with Crippen molar-refractivity contribution in [3.8, 4) is 23.0 Å². The molecule has 56 heavy (non-hydrogen) atoms. The molecular weight excluding hydrogens is 766 g/mol. The molecule has 3 aromatic heterocycles. The first-order chi connectivity index (χ1) is 26.4. The minimum atomic E-state index is -3.64. The van der Waals surface area contributed by atoms with Crippen LogP contribution in [0.25, 0.3) is 22.0 Å². The fraction of sp³-hybridized carbons (Fsp3) is 0.342. The molecule has 2 aliphatic rings. The number of aliphatic hydroxyl groups is 1. The zero-order valence-corrected chi connectivity index (χ0v) is 30.9. The Hall–Kier alpha value is -5.44. The van der Waals surface area contributed by atoms with Crippen molar-refractivity contribution in [2.45, 2.75) is 56.6 Å². The van der Waals surface area contributed by atoms with E-state index in [9.17, 15) is 32.3 Å². The van der Waals surface area contributed by atoms with Crippen molar-refractivity contribution >= 4 is 40.3 Å². The largest absolute Gasteiger partial charge is 0.378 e. The minimum absolute atomic E-state index is 0.00962. The molecule has 1 unspecified atom stereocenters. The summed E-state index contributed by atoms with van der Waals surface area (Å²) in [5, 5.41) is 27.0. The quantitative estimate of drug-likeness (QED) is 0.0959. The number of alkyl halides is 4. The third-order valence-electron chi connectivity index (χ3n) is 9.53. The smallest absolute Gasteiger partial charge is 0.343 e. The van der Waals surface area contributed by atoms with E-state index in [4.69, 9.17) is 16.6 Å². The van der Waals surface area contributed by atoms with Gasteiger partial charge in [-0.05, 0) is 81.5 Å². The van der Waals surface area contributed by atoms with Crippen LogP contribution in [-0.2, 0) is 24.2 Å². The van der Waals surface area contributed by atoms with Crippen LogP contribution in [0.15, 0.2) is 42.5 Å². The minimum Gasteiger partial charge on any atom is -0.378 e. The van der Waals surface area contributed by atoms with Gasteiger partial charge in [0.1, 0.15) is 34.3 Å². The first-order valence-electron chi connectivity index (χ1n) is 17.3. The Morgan fingerprint density at radius 2 is 1.77 bits per heavy atom. The van der Waals surface area contributed by atoms with Gasteiger partial charge in [0, 0.05) is 35.7 Å². The lowest BCUT2D eigenvalue weighted by Crippen LogP contribution is -2.37. The maximum absolute atomic E-state index is 15.6. The van der Waals surface area contributed by atoms with Crippen molar-refractivity contribution in [1.29, 1.82) is 0 Å². The van der Waals surface area contributed by atoms with E-state index in [0.29, 0.717) is 22.5 Å². The maximum Gasteiger partial charge on any atom is 0.343 e. The summed E-state index contributed by atoms with van der Waals surface area (Å²) >= 11 is 6.66. The Kier molecular flexibility index (Phi) is 9.88. The lowest BCUT2D eigenvalue weighted by atomic mass is 9.93. The lowest BCUT2D eigenvalue weighted by molar-refractivity contribution is -0.115. The number of likely N-dealkylation sites (N-methyl/N-ethyl adjacent to an activating group) is 1. The van der Waals surface area contributed by atoms with E-state index in [1.165, 1.54) is 30.7 Å². The number of carbonyl (C=O) groups excluding carboxylic acids is 2. The zero-order valence-electron chi connectivity index (χ0n) is 30.1. The Bertz CT molecular complexity index is 2460. The number of benzene rings is 2. The predicted molar refractivity (Wildman–Crippen MR) is 193 cm³/mol. The second-order valence-corrected chi connectivity index (χ2v) is 14.6. The van der Waals surface area contributed by atoms with E-state index in [0.717, 1.165) is 12.1 Å². The topological polar surface area (TPSA) is 139 Å². The van der Waals surface area contributed by atoms with Gasteiger partial charge in [-0.15, -0.1) is 0 Å². The summed E-state index contributed by atoms with van der Waals surface area (Å²) in [7, 11) is 3.18. The molecule has 0 radical (unpaired) electrons. The number of halogens is 7. The molecule has 2 aromatic carbocycles. The van der Waals surface area contributed by atoms with Crippen molar-refractivity contribution in [2.24, 2.45) is 13.0 Å². The van der Waals surface area contributed by atoms with Crippen molar-refractivity contribution in [2.75, 3.05) is 18.9 Å². The van der Waals surface area contributed by atoms with Gasteiger partial charge in [-0.25, -0.2) is 27.3 Å². The zero-order chi connectivity index (χ0) is 40.4. The molecule has 2 amide bonds. The molecule has 1 fully saturated rings. The van der Waals surface area contributed by atoms with E-state index >= 15 is 8.78 Å². The highest BCUT2D eigenvalue weighted by molar-refractivity contribution is 6.37. The van der Waals surface area contributed by atoms with Crippen LogP contribution < -0.4 is 16.0 Å². The molecule has 11 nitrogen and oxygen atoms in total. The molecule has 3 atom stereocenters. The average molecular weight is 799 g/mol. The fourth-order valence-electron chi connectivity index (χ4n) is 7.20. The molecule has 7 rings (SSSR count). The van der Waals surface area contributed by atoms with Crippen LogP contribution in [-0.4, -0.2) is 60.8 Å². The first-order valence-corrected chi connectivity index (χ1v) is 17.7.